The van der Waals surface area contributed by atoms with Crippen LogP contribution < -0.4 is 11.5 Å². The van der Waals surface area contributed by atoms with E-state index in [1.54, 1.807) is 6.20 Å². The largest absolute Gasteiger partial charge is 0.398 e. The third kappa shape index (κ3) is 2.47. The molecule has 1 aliphatic rings. The van der Waals surface area contributed by atoms with E-state index in [-0.39, 0.29) is 11.6 Å². The molecule has 0 bridgehead atoms. The molecule has 1 fully saturated rings. The Labute approximate surface area is 116 Å². The summed E-state index contributed by atoms with van der Waals surface area (Å²) >= 11 is 0. The van der Waals surface area contributed by atoms with E-state index < -0.39 is 0 Å². The van der Waals surface area contributed by atoms with Gasteiger partial charge in [-0.15, -0.1) is 0 Å². The van der Waals surface area contributed by atoms with Gasteiger partial charge in [-0.25, -0.2) is 0 Å². The molecule has 1 aliphatic heterocycles. The second kappa shape index (κ2) is 5.88. The maximum absolute atomic E-state index is 6.61. The van der Waals surface area contributed by atoms with Crippen molar-refractivity contribution in [3.8, 4) is 0 Å². The number of hydrogen-bond acceptors (Lipinski definition) is 4. The lowest BCUT2D eigenvalue weighted by Gasteiger charge is -2.45. The third-order valence-corrected chi connectivity index (χ3v) is 4.76. The minimum absolute atomic E-state index is 0.00759. The number of likely N-dealkylation sites (tertiary alicyclic amines) is 1. The fraction of sp³-hybridized carbons (Fsp3) is 0.667. The van der Waals surface area contributed by atoms with Crippen LogP contribution in [0.1, 0.15) is 51.1 Å². The van der Waals surface area contributed by atoms with Gasteiger partial charge in [-0.2, -0.15) is 0 Å². The molecule has 1 saturated heterocycles. The molecule has 4 nitrogen and oxygen atoms in total. The van der Waals surface area contributed by atoms with Crippen molar-refractivity contribution in [3.05, 3.63) is 24.0 Å². The van der Waals surface area contributed by atoms with Crippen molar-refractivity contribution in [3.63, 3.8) is 0 Å². The van der Waals surface area contributed by atoms with Gasteiger partial charge in [-0.1, -0.05) is 13.8 Å². The van der Waals surface area contributed by atoms with E-state index in [2.05, 4.69) is 23.7 Å². The van der Waals surface area contributed by atoms with Crippen molar-refractivity contribution in [1.82, 2.24) is 9.88 Å². The van der Waals surface area contributed by atoms with Gasteiger partial charge in [0, 0.05) is 29.2 Å². The SMILES string of the molecule is CCC(CC)(C(N)c1cnccc1N)N1CCCC1. The average molecular weight is 262 g/mol. The van der Waals surface area contributed by atoms with Gasteiger partial charge in [0.15, 0.2) is 0 Å². The van der Waals surface area contributed by atoms with Crippen LogP contribution in [0.25, 0.3) is 0 Å². The number of pyridine rings is 1. The van der Waals surface area contributed by atoms with Crippen LogP contribution in [-0.4, -0.2) is 28.5 Å². The van der Waals surface area contributed by atoms with Crippen LogP contribution in [0.5, 0.6) is 0 Å². The Kier molecular flexibility index (Phi) is 4.42. The maximum Gasteiger partial charge on any atom is 0.0517 e. The molecule has 0 radical (unpaired) electrons. The topological polar surface area (TPSA) is 68.2 Å². The number of nitrogens with two attached hydrogens (primary N) is 2. The molecule has 0 aromatic carbocycles. The number of rotatable bonds is 5. The van der Waals surface area contributed by atoms with Gasteiger partial charge in [-0.3, -0.25) is 9.88 Å². The lowest BCUT2D eigenvalue weighted by molar-refractivity contribution is 0.0768. The van der Waals surface area contributed by atoms with Crippen LogP contribution >= 0.6 is 0 Å². The first-order valence-corrected chi connectivity index (χ1v) is 7.35. The van der Waals surface area contributed by atoms with Crippen molar-refractivity contribution in [1.29, 1.82) is 0 Å². The number of aromatic nitrogens is 1. The van der Waals surface area contributed by atoms with Crippen LogP contribution in [-0.2, 0) is 0 Å². The van der Waals surface area contributed by atoms with Crippen molar-refractivity contribution >= 4 is 5.69 Å². The molecule has 0 amide bonds. The maximum atomic E-state index is 6.61. The zero-order valence-electron chi connectivity index (χ0n) is 12.1. The van der Waals surface area contributed by atoms with Gasteiger partial charge in [0.05, 0.1) is 6.04 Å². The Morgan fingerprint density at radius 1 is 1.32 bits per heavy atom. The minimum Gasteiger partial charge on any atom is -0.398 e. The van der Waals surface area contributed by atoms with Gasteiger partial charge < -0.3 is 11.5 Å². The summed E-state index contributed by atoms with van der Waals surface area (Å²) in [5.41, 5.74) is 14.5. The summed E-state index contributed by atoms with van der Waals surface area (Å²) in [6.07, 6.45) is 8.18. The molecule has 0 saturated carbocycles. The smallest absolute Gasteiger partial charge is 0.0517 e. The zero-order valence-corrected chi connectivity index (χ0v) is 12.1. The second-order valence-corrected chi connectivity index (χ2v) is 5.49. The highest BCUT2D eigenvalue weighted by atomic mass is 15.2. The summed E-state index contributed by atoms with van der Waals surface area (Å²) in [6.45, 7) is 6.76. The van der Waals surface area contributed by atoms with E-state index in [9.17, 15) is 0 Å². The normalized spacial score (nSPS) is 18.7. The number of hydrogen-bond donors (Lipinski definition) is 2. The zero-order chi connectivity index (χ0) is 13.9. The van der Waals surface area contributed by atoms with Crippen LogP contribution in [0, 0.1) is 0 Å². The van der Waals surface area contributed by atoms with Crippen LogP contribution in [0.15, 0.2) is 18.5 Å². The van der Waals surface area contributed by atoms with E-state index in [1.807, 2.05) is 12.3 Å². The Morgan fingerprint density at radius 3 is 2.47 bits per heavy atom. The molecule has 2 rings (SSSR count). The monoisotopic (exact) mass is 262 g/mol. The molecule has 0 spiro atoms. The van der Waals surface area contributed by atoms with Gasteiger partial charge >= 0.3 is 0 Å². The summed E-state index contributed by atoms with van der Waals surface area (Å²) < 4.78 is 0. The van der Waals surface area contributed by atoms with Crippen molar-refractivity contribution < 1.29 is 0 Å². The molecule has 1 atom stereocenters. The summed E-state index contributed by atoms with van der Waals surface area (Å²) in [7, 11) is 0. The van der Waals surface area contributed by atoms with E-state index in [0.717, 1.165) is 37.2 Å². The molecule has 2 heterocycles. The lowest BCUT2D eigenvalue weighted by Crippen LogP contribution is -2.53. The first-order chi connectivity index (χ1) is 9.15. The predicted molar refractivity (Wildman–Crippen MR) is 79.7 cm³/mol. The van der Waals surface area contributed by atoms with Gasteiger partial charge in [0.1, 0.15) is 0 Å². The van der Waals surface area contributed by atoms with Crippen molar-refractivity contribution in [2.45, 2.75) is 51.1 Å². The molecular weight excluding hydrogens is 236 g/mol. The Hall–Kier alpha value is -1.13. The number of nitrogen functional groups attached to an aromatic ring is 1. The third-order valence-electron chi connectivity index (χ3n) is 4.76. The van der Waals surface area contributed by atoms with Gasteiger partial charge in [0.25, 0.3) is 0 Å². The predicted octanol–water partition coefficient (Wildman–Crippen LogP) is 2.32. The summed E-state index contributed by atoms with van der Waals surface area (Å²) in [4.78, 5) is 6.76. The van der Waals surface area contributed by atoms with Crippen molar-refractivity contribution in [2.75, 3.05) is 18.8 Å². The molecular formula is C15H26N4. The molecule has 4 heteroatoms. The van der Waals surface area contributed by atoms with E-state index in [0.29, 0.717) is 0 Å². The molecule has 4 N–H and O–H groups in total. The Morgan fingerprint density at radius 2 is 1.95 bits per heavy atom. The lowest BCUT2D eigenvalue weighted by atomic mass is 9.79. The molecule has 1 aromatic rings. The first kappa shape index (κ1) is 14.3. The molecule has 19 heavy (non-hydrogen) atoms. The fourth-order valence-electron chi connectivity index (χ4n) is 3.46. The molecule has 0 aliphatic carbocycles. The van der Waals surface area contributed by atoms with Gasteiger partial charge in [-0.05, 0) is 44.8 Å². The number of nitrogens with zero attached hydrogens (tertiary/aromatic N) is 2. The molecule has 106 valence electrons. The van der Waals surface area contributed by atoms with E-state index in [4.69, 9.17) is 11.5 Å². The average Bonchev–Trinajstić information content (AvgIpc) is 2.96. The van der Waals surface area contributed by atoms with Crippen molar-refractivity contribution in [2.24, 2.45) is 5.73 Å². The first-order valence-electron chi connectivity index (χ1n) is 7.35. The fourth-order valence-corrected chi connectivity index (χ4v) is 3.46. The van der Waals surface area contributed by atoms with Gasteiger partial charge in [0.2, 0.25) is 0 Å². The highest BCUT2D eigenvalue weighted by molar-refractivity contribution is 5.47. The second-order valence-electron chi connectivity index (χ2n) is 5.49. The van der Waals surface area contributed by atoms with E-state index in [1.165, 1.54) is 12.8 Å². The summed E-state index contributed by atoms with van der Waals surface area (Å²) in [6, 6.07) is 1.77. The highest BCUT2D eigenvalue weighted by Crippen LogP contribution is 2.39. The summed E-state index contributed by atoms with van der Waals surface area (Å²) in [5.74, 6) is 0. The Balaban J connectivity index is 2.35. The van der Waals surface area contributed by atoms with Crippen LogP contribution in [0.2, 0.25) is 0 Å². The quantitative estimate of drug-likeness (QED) is 0.854. The van der Waals surface area contributed by atoms with Crippen LogP contribution in [0.3, 0.4) is 0 Å². The molecule has 1 unspecified atom stereocenters. The minimum atomic E-state index is -0.0747. The van der Waals surface area contributed by atoms with Crippen LogP contribution in [0.4, 0.5) is 5.69 Å². The highest BCUT2D eigenvalue weighted by Gasteiger charge is 2.41. The number of anilines is 1. The summed E-state index contributed by atoms with van der Waals surface area (Å²) in [5, 5.41) is 0. The molecule has 1 aromatic heterocycles. The Bertz CT molecular complexity index is 408. The van der Waals surface area contributed by atoms with E-state index >= 15 is 0 Å². The standard InChI is InChI=1S/C15H26N4/c1-3-15(4-2,19-9-5-6-10-19)14(17)12-11-18-8-7-13(12)16/h7-8,11,14H,3-6,9-10,17H2,1-2H3,(H2,16,18).